The minimum absolute atomic E-state index is 0.445. The number of allylic oxidation sites excluding steroid dienone is 4. The Morgan fingerprint density at radius 2 is 1.79 bits per heavy atom. The van der Waals surface area contributed by atoms with Crippen LogP contribution in [-0.2, 0) is 5.41 Å². The van der Waals surface area contributed by atoms with Crippen molar-refractivity contribution in [1.29, 1.82) is 0 Å². The molecule has 98 valence electrons. The lowest BCUT2D eigenvalue weighted by Gasteiger charge is -2.40. The largest absolute Gasteiger partial charge is 0.0796 e. The van der Waals surface area contributed by atoms with Crippen LogP contribution in [0, 0.1) is 9.49 Å². The number of hydrogen-bond acceptors (Lipinski definition) is 0. The second kappa shape index (κ2) is 4.47. The molecule has 2 atom stereocenters. The summed E-state index contributed by atoms with van der Waals surface area (Å²) in [5.74, 6) is 1.35. The van der Waals surface area contributed by atoms with E-state index in [0.717, 1.165) is 0 Å². The van der Waals surface area contributed by atoms with Crippen molar-refractivity contribution in [3.05, 3.63) is 57.2 Å². The Labute approximate surface area is 129 Å². The third-order valence-electron chi connectivity index (χ3n) is 5.43. The van der Waals surface area contributed by atoms with E-state index in [2.05, 4.69) is 65.1 Å². The zero-order valence-electron chi connectivity index (χ0n) is 11.1. The minimum Gasteiger partial charge on any atom is -0.0796 e. The fourth-order valence-electron chi connectivity index (χ4n) is 4.65. The molecular formula is C18H19I. The van der Waals surface area contributed by atoms with Gasteiger partial charge in [-0.25, -0.2) is 0 Å². The van der Waals surface area contributed by atoms with Crippen molar-refractivity contribution in [2.45, 2.75) is 43.4 Å². The van der Waals surface area contributed by atoms with E-state index in [1.165, 1.54) is 35.7 Å². The SMILES string of the molecule is Ic1ccc2c(c1)C1(CCCCC1)C1C=CC=CC21. The topological polar surface area (TPSA) is 0 Å². The summed E-state index contributed by atoms with van der Waals surface area (Å²) in [4.78, 5) is 0. The first-order chi connectivity index (χ1) is 9.31. The molecule has 0 amide bonds. The summed E-state index contributed by atoms with van der Waals surface area (Å²) in [6, 6.07) is 7.15. The monoisotopic (exact) mass is 362 g/mol. The van der Waals surface area contributed by atoms with Crippen molar-refractivity contribution in [2.75, 3.05) is 0 Å². The van der Waals surface area contributed by atoms with Gasteiger partial charge in [-0.1, -0.05) is 49.6 Å². The van der Waals surface area contributed by atoms with E-state index in [1.54, 1.807) is 11.1 Å². The van der Waals surface area contributed by atoms with Crippen LogP contribution in [0.1, 0.15) is 49.1 Å². The fourth-order valence-corrected chi connectivity index (χ4v) is 5.14. The molecule has 0 N–H and O–H groups in total. The number of hydrogen-bond donors (Lipinski definition) is 0. The Balaban J connectivity index is 1.92. The van der Waals surface area contributed by atoms with Crippen molar-refractivity contribution >= 4 is 22.6 Å². The predicted octanol–water partition coefficient (Wildman–Crippen LogP) is 5.33. The molecule has 19 heavy (non-hydrogen) atoms. The maximum Gasteiger partial charge on any atom is 0.0133 e. The fraction of sp³-hybridized carbons (Fsp3) is 0.444. The van der Waals surface area contributed by atoms with Gasteiger partial charge in [0.2, 0.25) is 0 Å². The molecule has 0 radical (unpaired) electrons. The van der Waals surface area contributed by atoms with E-state index < -0.39 is 0 Å². The average Bonchev–Trinajstić information content (AvgIpc) is 2.71. The molecule has 0 bridgehead atoms. The molecule has 0 aromatic heterocycles. The molecule has 1 aromatic carbocycles. The van der Waals surface area contributed by atoms with E-state index in [4.69, 9.17) is 0 Å². The van der Waals surface area contributed by atoms with Gasteiger partial charge in [0.15, 0.2) is 0 Å². The molecule has 1 heteroatoms. The normalized spacial score (nSPS) is 30.4. The first-order valence-corrected chi connectivity index (χ1v) is 8.54. The lowest BCUT2D eigenvalue weighted by molar-refractivity contribution is 0.233. The van der Waals surface area contributed by atoms with Crippen LogP contribution in [0.25, 0.3) is 0 Å². The Bertz CT molecular complexity index is 561. The first-order valence-electron chi connectivity index (χ1n) is 7.46. The number of halogens is 1. The van der Waals surface area contributed by atoms with Gasteiger partial charge in [0.25, 0.3) is 0 Å². The quantitative estimate of drug-likeness (QED) is 0.547. The third-order valence-corrected chi connectivity index (χ3v) is 6.10. The van der Waals surface area contributed by atoms with Gasteiger partial charge in [-0.05, 0) is 64.6 Å². The molecule has 3 aliphatic rings. The summed E-state index contributed by atoms with van der Waals surface area (Å²) < 4.78 is 1.40. The average molecular weight is 362 g/mol. The maximum atomic E-state index is 2.49. The van der Waals surface area contributed by atoms with E-state index in [0.29, 0.717) is 17.3 Å². The van der Waals surface area contributed by atoms with Crippen molar-refractivity contribution in [2.24, 2.45) is 5.92 Å². The van der Waals surface area contributed by atoms with Crippen molar-refractivity contribution in [1.82, 2.24) is 0 Å². The standard InChI is InChI=1S/C18H19I/c19-13-8-9-15-14-6-2-3-7-16(14)18(17(15)12-13)10-4-1-5-11-18/h2-3,6-9,12,14,16H,1,4-5,10-11H2. The Morgan fingerprint density at radius 3 is 2.63 bits per heavy atom. The zero-order chi connectivity index (χ0) is 12.9. The molecule has 0 heterocycles. The number of rotatable bonds is 0. The summed E-state index contributed by atoms with van der Waals surface area (Å²) in [5.41, 5.74) is 3.72. The van der Waals surface area contributed by atoms with Crippen LogP contribution in [0.5, 0.6) is 0 Å². The van der Waals surface area contributed by atoms with Crippen LogP contribution in [0.4, 0.5) is 0 Å². The second-order valence-electron chi connectivity index (χ2n) is 6.27. The summed E-state index contributed by atoms with van der Waals surface area (Å²) in [6.45, 7) is 0. The minimum atomic E-state index is 0.445. The second-order valence-corrected chi connectivity index (χ2v) is 7.52. The Hall–Kier alpha value is -0.570. The van der Waals surface area contributed by atoms with Gasteiger partial charge < -0.3 is 0 Å². The highest BCUT2D eigenvalue weighted by molar-refractivity contribution is 14.1. The highest BCUT2D eigenvalue weighted by atomic mass is 127. The predicted molar refractivity (Wildman–Crippen MR) is 88.4 cm³/mol. The summed E-state index contributed by atoms with van der Waals surface area (Å²) in [5, 5.41) is 0. The summed E-state index contributed by atoms with van der Waals surface area (Å²) in [6.07, 6.45) is 16.5. The van der Waals surface area contributed by atoms with Crippen LogP contribution in [0.15, 0.2) is 42.5 Å². The van der Waals surface area contributed by atoms with Gasteiger partial charge >= 0.3 is 0 Å². The lowest BCUT2D eigenvalue weighted by Crippen LogP contribution is -2.34. The maximum absolute atomic E-state index is 2.49. The molecule has 1 fully saturated rings. The Morgan fingerprint density at radius 1 is 1.00 bits per heavy atom. The van der Waals surface area contributed by atoms with E-state index in [9.17, 15) is 0 Å². The number of fused-ring (bicyclic) bond motifs is 5. The van der Waals surface area contributed by atoms with Gasteiger partial charge in [-0.15, -0.1) is 0 Å². The van der Waals surface area contributed by atoms with E-state index >= 15 is 0 Å². The van der Waals surface area contributed by atoms with Crippen molar-refractivity contribution in [3.8, 4) is 0 Å². The molecule has 1 spiro atoms. The van der Waals surface area contributed by atoms with E-state index in [1.807, 2.05) is 0 Å². The molecule has 4 rings (SSSR count). The molecule has 0 aliphatic heterocycles. The molecule has 2 unspecified atom stereocenters. The van der Waals surface area contributed by atoms with Gasteiger partial charge in [-0.3, -0.25) is 0 Å². The van der Waals surface area contributed by atoms with Crippen LogP contribution >= 0.6 is 22.6 Å². The van der Waals surface area contributed by atoms with Crippen molar-refractivity contribution < 1.29 is 0 Å². The van der Waals surface area contributed by atoms with Crippen molar-refractivity contribution in [3.63, 3.8) is 0 Å². The molecule has 1 saturated carbocycles. The lowest BCUT2D eigenvalue weighted by atomic mass is 9.63. The number of benzene rings is 1. The molecule has 0 saturated heterocycles. The molecule has 0 nitrogen and oxygen atoms in total. The van der Waals surface area contributed by atoms with E-state index in [-0.39, 0.29) is 0 Å². The third kappa shape index (κ3) is 1.70. The summed E-state index contributed by atoms with van der Waals surface area (Å²) >= 11 is 2.47. The van der Waals surface area contributed by atoms with Gasteiger partial charge in [0.1, 0.15) is 0 Å². The van der Waals surface area contributed by atoms with Gasteiger partial charge in [0.05, 0.1) is 0 Å². The zero-order valence-corrected chi connectivity index (χ0v) is 13.3. The molecule has 1 aromatic rings. The summed E-state index contributed by atoms with van der Waals surface area (Å²) in [7, 11) is 0. The van der Waals surface area contributed by atoms with Crippen LogP contribution < -0.4 is 0 Å². The van der Waals surface area contributed by atoms with Crippen LogP contribution in [-0.4, -0.2) is 0 Å². The van der Waals surface area contributed by atoms with Crippen LogP contribution in [0.2, 0.25) is 0 Å². The molecular weight excluding hydrogens is 343 g/mol. The Kier molecular flexibility index (Phi) is 2.87. The smallest absolute Gasteiger partial charge is 0.0133 e. The highest BCUT2D eigenvalue weighted by Crippen LogP contribution is 2.59. The van der Waals surface area contributed by atoms with Crippen LogP contribution in [0.3, 0.4) is 0 Å². The molecule has 3 aliphatic carbocycles. The van der Waals surface area contributed by atoms with Gasteiger partial charge in [0, 0.05) is 14.9 Å². The first kappa shape index (κ1) is 12.2. The highest BCUT2D eigenvalue weighted by Gasteiger charge is 2.50. The van der Waals surface area contributed by atoms with Gasteiger partial charge in [-0.2, -0.15) is 0 Å².